The van der Waals surface area contributed by atoms with Crippen LogP contribution in [0.2, 0.25) is 0 Å². The number of nitrogens with zero attached hydrogens (tertiary/aromatic N) is 1. The molecule has 170 valence electrons. The number of aromatic nitrogens is 1. The van der Waals surface area contributed by atoms with E-state index in [1.807, 2.05) is 0 Å². The molecule has 0 aliphatic heterocycles. The highest BCUT2D eigenvalue weighted by Crippen LogP contribution is 2.13. The van der Waals surface area contributed by atoms with E-state index < -0.39 is 41.7 Å². The molecule has 0 aliphatic rings. The lowest BCUT2D eigenvalue weighted by Crippen LogP contribution is -2.42. The van der Waals surface area contributed by atoms with Crippen LogP contribution in [0.1, 0.15) is 55.8 Å². The van der Waals surface area contributed by atoms with Crippen molar-refractivity contribution in [3.05, 3.63) is 29.8 Å². The van der Waals surface area contributed by atoms with E-state index in [9.17, 15) is 33.5 Å². The molecule has 1 heterocycles. The Hall–Kier alpha value is -3.37. The summed E-state index contributed by atoms with van der Waals surface area (Å²) in [6.45, 7) is 1.50. The average molecular weight is 438 g/mol. The highest BCUT2D eigenvalue weighted by Gasteiger charge is 2.24. The highest BCUT2D eigenvalue weighted by atomic mass is 18.2. The molecule has 0 aliphatic carbocycles. The Kier molecular flexibility index (Phi) is 10.8. The van der Waals surface area contributed by atoms with Gasteiger partial charge in [-0.25, -0.2) is 9.78 Å². The minimum absolute atomic E-state index is 0.000895. The number of unbranched alkanes of at least 4 members (excludes halogenated alkanes) is 1. The summed E-state index contributed by atoms with van der Waals surface area (Å²) in [6.07, 6.45) is 1.48. The van der Waals surface area contributed by atoms with Gasteiger partial charge in [0.15, 0.2) is 0 Å². The lowest BCUT2D eigenvalue weighted by molar-refractivity contribution is -0.142. The Morgan fingerprint density at radius 3 is 2.35 bits per heavy atom. The number of nitrogens with one attached hydrogen (secondary N) is 2. The molecule has 2 unspecified atom stereocenters. The fraction of sp³-hybridized carbons (Fsp3) is 0.500. The van der Waals surface area contributed by atoms with Gasteiger partial charge >= 0.3 is 11.9 Å². The van der Waals surface area contributed by atoms with Crippen LogP contribution < -0.4 is 10.6 Å². The van der Waals surface area contributed by atoms with Crippen molar-refractivity contribution in [1.29, 1.82) is 0 Å². The van der Waals surface area contributed by atoms with Gasteiger partial charge in [-0.2, -0.15) is 4.39 Å². The summed E-state index contributed by atoms with van der Waals surface area (Å²) < 4.78 is 12.8. The zero-order valence-corrected chi connectivity index (χ0v) is 17.1. The molecule has 0 saturated carbocycles. The van der Waals surface area contributed by atoms with Crippen LogP contribution in [0.5, 0.6) is 0 Å². The quantitative estimate of drug-likeness (QED) is 0.248. The molecule has 0 bridgehead atoms. The number of Topliss-reactive ketones (excluding diaryl/α,β-unsaturated/α-hetero) is 1. The molecule has 0 fully saturated rings. The molecular formula is C20H26FN3O7. The Morgan fingerprint density at radius 2 is 1.81 bits per heavy atom. The number of halogens is 1. The summed E-state index contributed by atoms with van der Waals surface area (Å²) in [6, 6.07) is 1.18. The van der Waals surface area contributed by atoms with Crippen LogP contribution >= 0.6 is 0 Å². The smallest absolute Gasteiger partial charge is 0.326 e. The van der Waals surface area contributed by atoms with E-state index in [0.29, 0.717) is 12.8 Å². The molecule has 0 radical (unpaired) electrons. The van der Waals surface area contributed by atoms with Gasteiger partial charge in [-0.3, -0.25) is 19.2 Å². The number of carboxylic acid groups (broad SMARTS) is 2. The fourth-order valence-electron chi connectivity index (χ4n) is 2.77. The molecule has 2 atom stereocenters. The van der Waals surface area contributed by atoms with Crippen LogP contribution in [-0.2, 0) is 19.2 Å². The molecule has 1 aromatic rings. The summed E-state index contributed by atoms with van der Waals surface area (Å²) in [4.78, 5) is 61.0. The van der Waals surface area contributed by atoms with E-state index in [-0.39, 0.29) is 43.6 Å². The third kappa shape index (κ3) is 10.3. The van der Waals surface area contributed by atoms with Gasteiger partial charge in [-0.15, -0.1) is 0 Å². The zero-order chi connectivity index (χ0) is 23.4. The topological polar surface area (TPSA) is 163 Å². The van der Waals surface area contributed by atoms with E-state index in [1.54, 1.807) is 0 Å². The highest BCUT2D eigenvalue weighted by molar-refractivity contribution is 5.93. The van der Waals surface area contributed by atoms with Crippen LogP contribution in [0.3, 0.4) is 0 Å². The van der Waals surface area contributed by atoms with Gasteiger partial charge in [-0.1, -0.05) is 0 Å². The fourth-order valence-corrected chi connectivity index (χ4v) is 2.77. The maximum Gasteiger partial charge on any atom is 0.326 e. The molecule has 4 N–H and O–H groups in total. The number of hydrogen-bond donors (Lipinski definition) is 4. The second-order valence-corrected chi connectivity index (χ2v) is 7.02. The number of carbonyl (C=O) groups is 5. The van der Waals surface area contributed by atoms with Gasteiger partial charge in [0.2, 0.25) is 11.9 Å². The largest absolute Gasteiger partial charge is 0.481 e. The van der Waals surface area contributed by atoms with Crippen LogP contribution in [0.25, 0.3) is 0 Å². The van der Waals surface area contributed by atoms with Crippen molar-refractivity contribution in [2.45, 2.75) is 51.5 Å². The van der Waals surface area contributed by atoms with Gasteiger partial charge in [-0.05, 0) is 44.7 Å². The van der Waals surface area contributed by atoms with Crippen LogP contribution in [0.15, 0.2) is 18.3 Å². The molecule has 0 saturated heterocycles. The number of hydrogen-bond acceptors (Lipinski definition) is 6. The minimum atomic E-state index is -1.24. The Bertz CT molecular complexity index is 798. The molecule has 2 amide bonds. The van der Waals surface area contributed by atoms with Crippen molar-refractivity contribution < 1.29 is 38.6 Å². The third-order valence-corrected chi connectivity index (χ3v) is 4.54. The predicted molar refractivity (Wildman–Crippen MR) is 106 cm³/mol. The second-order valence-electron chi connectivity index (χ2n) is 7.02. The monoisotopic (exact) mass is 438 g/mol. The average Bonchev–Trinajstić information content (AvgIpc) is 2.69. The van der Waals surface area contributed by atoms with Crippen molar-refractivity contribution in [3.63, 3.8) is 0 Å². The Labute approximate surface area is 178 Å². The van der Waals surface area contributed by atoms with E-state index in [1.165, 1.54) is 13.0 Å². The first-order valence-corrected chi connectivity index (χ1v) is 9.74. The number of carbonyl (C=O) groups excluding carboxylic acids is 3. The molecular weight excluding hydrogens is 412 g/mol. The first-order chi connectivity index (χ1) is 14.6. The minimum Gasteiger partial charge on any atom is -0.481 e. The Balaban J connectivity index is 2.41. The lowest BCUT2D eigenvalue weighted by Gasteiger charge is -2.17. The van der Waals surface area contributed by atoms with Crippen LogP contribution in [0, 0.1) is 11.9 Å². The predicted octanol–water partition coefficient (Wildman–Crippen LogP) is 1.15. The van der Waals surface area contributed by atoms with Crippen molar-refractivity contribution in [2.75, 3.05) is 6.54 Å². The molecule has 0 spiro atoms. The maximum atomic E-state index is 12.8. The lowest BCUT2D eigenvalue weighted by atomic mass is 9.95. The standard InChI is InChI=1S/C20H26FN3O7/c1-12(25)13(6-8-18(27)28)10-17(26)24-15(20(30)31)4-2-3-9-22-19(29)14-5-7-16(21)23-11-14/h5,7,11,13,15H,2-4,6,8-10H2,1H3,(H,22,29)(H,24,26)(H,27,28)(H,30,31)/i21-1. The van der Waals surface area contributed by atoms with E-state index in [0.717, 1.165) is 12.3 Å². The van der Waals surface area contributed by atoms with Crippen molar-refractivity contribution >= 4 is 29.5 Å². The number of carboxylic acids is 2. The molecule has 31 heavy (non-hydrogen) atoms. The first-order valence-electron chi connectivity index (χ1n) is 9.74. The van der Waals surface area contributed by atoms with E-state index >= 15 is 0 Å². The van der Waals surface area contributed by atoms with Crippen molar-refractivity contribution in [2.24, 2.45) is 5.92 Å². The SMILES string of the molecule is CC(=O)C(CCC(=O)O)CC(=O)NC(CCCCNC(=O)c1ccc([18F])nc1)C(=O)O. The normalized spacial score (nSPS) is 12.5. The first kappa shape index (κ1) is 25.7. The van der Waals surface area contributed by atoms with Crippen LogP contribution in [-0.4, -0.2) is 57.3 Å². The van der Waals surface area contributed by atoms with Crippen LogP contribution in [0.4, 0.5) is 4.39 Å². The number of pyridine rings is 1. The third-order valence-electron chi connectivity index (χ3n) is 4.54. The second kappa shape index (κ2) is 13.0. The molecule has 11 heteroatoms. The zero-order valence-electron chi connectivity index (χ0n) is 17.1. The molecule has 0 aromatic carbocycles. The molecule has 1 rings (SSSR count). The summed E-state index contributed by atoms with van der Waals surface area (Å²) in [7, 11) is 0. The van der Waals surface area contributed by atoms with E-state index in [4.69, 9.17) is 5.11 Å². The number of ketones is 1. The molecule has 10 nitrogen and oxygen atoms in total. The van der Waals surface area contributed by atoms with Crippen molar-refractivity contribution in [3.8, 4) is 0 Å². The van der Waals surface area contributed by atoms with Crippen molar-refractivity contribution in [1.82, 2.24) is 15.6 Å². The van der Waals surface area contributed by atoms with Gasteiger partial charge < -0.3 is 20.8 Å². The summed E-state index contributed by atoms with van der Waals surface area (Å²) in [5.41, 5.74) is 0.194. The maximum absolute atomic E-state index is 12.8. The summed E-state index contributed by atoms with van der Waals surface area (Å²) in [5.74, 6) is -5.23. The van der Waals surface area contributed by atoms with E-state index in [2.05, 4.69) is 15.6 Å². The summed E-state index contributed by atoms with van der Waals surface area (Å²) >= 11 is 0. The number of rotatable bonds is 14. The summed E-state index contributed by atoms with van der Waals surface area (Å²) in [5, 5.41) is 23.0. The number of aliphatic carboxylic acids is 2. The van der Waals surface area contributed by atoms with Gasteiger partial charge in [0, 0.05) is 31.5 Å². The molecule has 1 aromatic heterocycles. The Morgan fingerprint density at radius 1 is 1.10 bits per heavy atom. The van der Waals surface area contributed by atoms with Gasteiger partial charge in [0.25, 0.3) is 5.91 Å². The number of amides is 2. The van der Waals surface area contributed by atoms with Gasteiger partial charge in [0.05, 0.1) is 5.56 Å². The van der Waals surface area contributed by atoms with Gasteiger partial charge in [0.1, 0.15) is 11.8 Å².